The number of rotatable bonds is 4. The number of hydrogen-bond donors (Lipinski definition) is 1. The summed E-state index contributed by atoms with van der Waals surface area (Å²) in [6.07, 6.45) is 7.66. The first-order valence-corrected chi connectivity index (χ1v) is 9.40. The SMILES string of the molecule is Cn1cc(-c2ccn3c(-c4cccc(Nc5ccc(C#N)cc5)n4)cnc3c2)cn1. The lowest BCUT2D eigenvalue weighted by Gasteiger charge is -2.08. The van der Waals surface area contributed by atoms with E-state index in [9.17, 15) is 0 Å². The van der Waals surface area contributed by atoms with Crippen LogP contribution in [0.4, 0.5) is 11.5 Å². The van der Waals surface area contributed by atoms with Gasteiger partial charge in [-0.05, 0) is 54.1 Å². The lowest BCUT2D eigenvalue weighted by molar-refractivity contribution is 0.768. The van der Waals surface area contributed by atoms with Crippen molar-refractivity contribution >= 4 is 17.2 Å². The van der Waals surface area contributed by atoms with Crippen LogP contribution in [0.2, 0.25) is 0 Å². The summed E-state index contributed by atoms with van der Waals surface area (Å²) < 4.78 is 3.81. The van der Waals surface area contributed by atoms with Gasteiger partial charge >= 0.3 is 0 Å². The van der Waals surface area contributed by atoms with Crippen LogP contribution in [0, 0.1) is 11.3 Å². The Balaban J connectivity index is 1.46. The number of nitriles is 1. The van der Waals surface area contributed by atoms with Crippen LogP contribution < -0.4 is 5.32 Å². The van der Waals surface area contributed by atoms with Gasteiger partial charge in [-0.2, -0.15) is 10.4 Å². The van der Waals surface area contributed by atoms with Gasteiger partial charge in [0.1, 0.15) is 11.5 Å². The molecule has 7 heteroatoms. The first-order valence-electron chi connectivity index (χ1n) is 9.40. The number of fused-ring (bicyclic) bond motifs is 1. The molecular weight excluding hydrogens is 374 g/mol. The number of aryl methyl sites for hydroxylation is 1. The third kappa shape index (κ3) is 3.27. The second-order valence-corrected chi connectivity index (χ2v) is 6.91. The van der Waals surface area contributed by atoms with E-state index in [1.807, 2.05) is 78.7 Å². The number of aromatic nitrogens is 5. The van der Waals surface area contributed by atoms with E-state index in [0.717, 1.165) is 39.7 Å². The molecule has 0 aliphatic heterocycles. The Labute approximate surface area is 172 Å². The molecule has 5 aromatic rings. The summed E-state index contributed by atoms with van der Waals surface area (Å²) in [5.74, 6) is 0.721. The lowest BCUT2D eigenvalue weighted by atomic mass is 10.1. The van der Waals surface area contributed by atoms with Gasteiger partial charge < -0.3 is 5.32 Å². The maximum Gasteiger partial charge on any atom is 0.137 e. The van der Waals surface area contributed by atoms with Gasteiger partial charge in [0.05, 0.1) is 35.4 Å². The molecule has 0 aliphatic rings. The Hall–Kier alpha value is -4.44. The minimum atomic E-state index is 0.624. The van der Waals surface area contributed by atoms with Crippen LogP contribution in [0.3, 0.4) is 0 Å². The van der Waals surface area contributed by atoms with Crippen LogP contribution in [0.15, 0.2) is 79.4 Å². The van der Waals surface area contributed by atoms with Gasteiger partial charge in [0.15, 0.2) is 0 Å². The molecule has 0 fully saturated rings. The third-order valence-corrected chi connectivity index (χ3v) is 4.85. The van der Waals surface area contributed by atoms with Crippen molar-refractivity contribution in [3.05, 3.63) is 84.9 Å². The van der Waals surface area contributed by atoms with Crippen molar-refractivity contribution in [2.45, 2.75) is 0 Å². The van der Waals surface area contributed by atoms with E-state index in [2.05, 4.69) is 21.5 Å². The minimum absolute atomic E-state index is 0.624. The molecule has 0 bridgehead atoms. The fraction of sp³-hybridized carbons (Fsp3) is 0.0435. The Kier molecular flexibility index (Phi) is 4.23. The molecule has 0 atom stereocenters. The van der Waals surface area contributed by atoms with Crippen LogP contribution in [0.5, 0.6) is 0 Å². The van der Waals surface area contributed by atoms with Crippen molar-refractivity contribution in [3.8, 4) is 28.6 Å². The van der Waals surface area contributed by atoms with Gasteiger partial charge in [0.25, 0.3) is 0 Å². The fourth-order valence-electron chi connectivity index (χ4n) is 3.34. The van der Waals surface area contributed by atoms with Crippen LogP contribution >= 0.6 is 0 Å². The minimum Gasteiger partial charge on any atom is -0.340 e. The molecule has 4 heterocycles. The highest BCUT2D eigenvalue weighted by molar-refractivity contribution is 5.70. The lowest BCUT2D eigenvalue weighted by Crippen LogP contribution is -1.96. The number of anilines is 2. The second-order valence-electron chi connectivity index (χ2n) is 6.91. The number of nitrogens with one attached hydrogen (secondary N) is 1. The van der Waals surface area contributed by atoms with E-state index in [-0.39, 0.29) is 0 Å². The Morgan fingerprint density at radius 3 is 2.63 bits per heavy atom. The predicted molar refractivity (Wildman–Crippen MR) is 115 cm³/mol. The molecule has 0 saturated heterocycles. The number of pyridine rings is 2. The van der Waals surface area contributed by atoms with Crippen molar-refractivity contribution < 1.29 is 0 Å². The van der Waals surface area contributed by atoms with E-state index < -0.39 is 0 Å². The van der Waals surface area contributed by atoms with Gasteiger partial charge in [-0.3, -0.25) is 9.08 Å². The number of hydrogen-bond acceptors (Lipinski definition) is 5. The van der Waals surface area contributed by atoms with E-state index in [1.165, 1.54) is 0 Å². The first kappa shape index (κ1) is 17.6. The molecule has 0 amide bonds. The van der Waals surface area contributed by atoms with E-state index in [0.29, 0.717) is 5.56 Å². The second kappa shape index (κ2) is 7.18. The maximum absolute atomic E-state index is 8.93. The highest BCUT2D eigenvalue weighted by atomic mass is 15.2. The predicted octanol–water partition coefficient (Wildman–Crippen LogP) is 4.41. The standard InChI is InChI=1S/C23H17N7/c1-29-15-18(13-26-29)17-9-10-30-21(14-25-23(30)11-17)20-3-2-4-22(28-20)27-19-7-5-16(12-24)6-8-19/h2-11,13-15H,1H3,(H,27,28). The van der Waals surface area contributed by atoms with E-state index in [4.69, 9.17) is 10.2 Å². The zero-order valence-electron chi connectivity index (χ0n) is 16.2. The summed E-state index contributed by atoms with van der Waals surface area (Å²) in [5, 5.41) is 16.4. The summed E-state index contributed by atoms with van der Waals surface area (Å²) in [6.45, 7) is 0. The Bertz CT molecular complexity index is 1390. The molecule has 1 N–H and O–H groups in total. The first-order chi connectivity index (χ1) is 14.7. The van der Waals surface area contributed by atoms with Gasteiger partial charge in [-0.15, -0.1) is 0 Å². The average molecular weight is 391 g/mol. The number of nitrogens with zero attached hydrogens (tertiary/aromatic N) is 6. The van der Waals surface area contributed by atoms with Gasteiger partial charge in [0.2, 0.25) is 0 Å². The van der Waals surface area contributed by atoms with Crippen molar-refractivity contribution in [2.75, 3.05) is 5.32 Å². The van der Waals surface area contributed by atoms with Crippen molar-refractivity contribution in [1.82, 2.24) is 24.1 Å². The zero-order valence-corrected chi connectivity index (χ0v) is 16.2. The number of imidazole rings is 1. The van der Waals surface area contributed by atoms with Crippen LogP contribution in [0.25, 0.3) is 28.2 Å². The largest absolute Gasteiger partial charge is 0.340 e. The van der Waals surface area contributed by atoms with E-state index >= 15 is 0 Å². The van der Waals surface area contributed by atoms with Crippen LogP contribution in [0.1, 0.15) is 5.56 Å². The Morgan fingerprint density at radius 2 is 1.87 bits per heavy atom. The molecule has 7 nitrogen and oxygen atoms in total. The summed E-state index contributed by atoms with van der Waals surface area (Å²) in [5.41, 5.74) is 6.19. The molecule has 0 spiro atoms. The quantitative estimate of drug-likeness (QED) is 0.490. The third-order valence-electron chi connectivity index (χ3n) is 4.85. The smallest absolute Gasteiger partial charge is 0.137 e. The highest BCUT2D eigenvalue weighted by Crippen LogP contribution is 2.25. The average Bonchev–Trinajstić information content (AvgIpc) is 3.40. The fourth-order valence-corrected chi connectivity index (χ4v) is 3.34. The zero-order chi connectivity index (χ0) is 20.5. The normalized spacial score (nSPS) is 10.8. The summed E-state index contributed by atoms with van der Waals surface area (Å²) in [4.78, 5) is 9.30. The molecule has 0 unspecified atom stereocenters. The molecule has 5 rings (SSSR count). The summed E-state index contributed by atoms with van der Waals surface area (Å²) in [6, 6.07) is 19.3. The highest BCUT2D eigenvalue weighted by Gasteiger charge is 2.10. The summed E-state index contributed by atoms with van der Waals surface area (Å²) in [7, 11) is 1.90. The van der Waals surface area contributed by atoms with Crippen molar-refractivity contribution in [2.24, 2.45) is 7.05 Å². The molecule has 144 valence electrons. The van der Waals surface area contributed by atoms with E-state index in [1.54, 1.807) is 16.8 Å². The van der Waals surface area contributed by atoms with Crippen LogP contribution in [-0.2, 0) is 7.05 Å². The van der Waals surface area contributed by atoms with Gasteiger partial charge in [-0.1, -0.05) is 6.07 Å². The molecule has 1 aromatic carbocycles. The molecule has 0 aliphatic carbocycles. The summed E-state index contributed by atoms with van der Waals surface area (Å²) >= 11 is 0. The van der Waals surface area contributed by atoms with Gasteiger partial charge in [0, 0.05) is 30.7 Å². The molecule has 30 heavy (non-hydrogen) atoms. The molecule has 0 radical (unpaired) electrons. The monoisotopic (exact) mass is 391 g/mol. The molecule has 0 saturated carbocycles. The van der Waals surface area contributed by atoms with Crippen molar-refractivity contribution in [1.29, 1.82) is 5.26 Å². The van der Waals surface area contributed by atoms with Crippen molar-refractivity contribution in [3.63, 3.8) is 0 Å². The van der Waals surface area contributed by atoms with Gasteiger partial charge in [-0.25, -0.2) is 9.97 Å². The molecule has 4 aromatic heterocycles. The van der Waals surface area contributed by atoms with Crippen LogP contribution in [-0.4, -0.2) is 24.1 Å². The Morgan fingerprint density at radius 1 is 1.00 bits per heavy atom. The number of benzene rings is 1. The topological polar surface area (TPSA) is 83.8 Å². The molecular formula is C23H17N7. The maximum atomic E-state index is 8.93.